The fourth-order valence-electron chi connectivity index (χ4n) is 2.92. The van der Waals surface area contributed by atoms with Gasteiger partial charge in [0.1, 0.15) is 6.17 Å². The Balaban J connectivity index is 1.84. The molecule has 2 atom stereocenters. The Morgan fingerprint density at radius 3 is 2.29 bits per heavy atom. The van der Waals surface area contributed by atoms with E-state index in [1.165, 1.54) is 12.1 Å². The molecule has 1 amide bonds. The first kappa shape index (κ1) is 14.4. The van der Waals surface area contributed by atoms with Gasteiger partial charge >= 0.3 is 6.18 Å². The predicted octanol–water partition coefficient (Wildman–Crippen LogP) is 2.93. The van der Waals surface area contributed by atoms with E-state index >= 15 is 0 Å². The summed E-state index contributed by atoms with van der Waals surface area (Å²) >= 11 is 0. The van der Waals surface area contributed by atoms with E-state index in [-0.39, 0.29) is 30.1 Å². The topological polar surface area (TPSA) is 32.3 Å². The molecule has 1 aliphatic heterocycles. The number of carbonyl (C=O) groups excluding carboxylic acids is 1. The van der Waals surface area contributed by atoms with Gasteiger partial charge in [0.25, 0.3) is 0 Å². The molecular weight excluding hydrogens is 281 g/mol. The first-order valence-corrected chi connectivity index (χ1v) is 6.92. The molecule has 1 aromatic carbocycles. The van der Waals surface area contributed by atoms with Gasteiger partial charge in [0.15, 0.2) is 0 Å². The number of carbonyl (C=O) groups is 1. The molecule has 6 heteroatoms. The zero-order valence-corrected chi connectivity index (χ0v) is 11.9. The highest BCUT2D eigenvalue weighted by atomic mass is 19.4. The van der Waals surface area contributed by atoms with E-state index < -0.39 is 11.7 Å². The predicted molar refractivity (Wildman–Crippen MR) is 71.2 cm³/mol. The number of benzene rings is 1. The van der Waals surface area contributed by atoms with Crippen molar-refractivity contribution < 1.29 is 18.0 Å². The number of nitrogens with zero attached hydrogens (tertiary/aromatic N) is 1. The molecule has 1 aromatic rings. The summed E-state index contributed by atoms with van der Waals surface area (Å²) in [5.41, 5.74) is 0.108. The van der Waals surface area contributed by atoms with Crippen LogP contribution in [-0.4, -0.2) is 23.4 Å². The SMILES string of the molecule is CC1(C)CC1N1C(=O)CNC1c1ccc(C(F)(F)F)cc1. The first-order valence-electron chi connectivity index (χ1n) is 6.92. The van der Waals surface area contributed by atoms with Crippen LogP contribution in [0.25, 0.3) is 0 Å². The maximum Gasteiger partial charge on any atom is 0.416 e. The molecule has 2 aliphatic rings. The molecule has 0 radical (unpaired) electrons. The Hall–Kier alpha value is -1.56. The summed E-state index contributed by atoms with van der Waals surface area (Å²) in [5.74, 6) is 0.00970. The van der Waals surface area contributed by atoms with Crippen molar-refractivity contribution in [3.05, 3.63) is 35.4 Å². The van der Waals surface area contributed by atoms with Crippen molar-refractivity contribution in [3.8, 4) is 0 Å². The molecule has 2 unspecified atom stereocenters. The second kappa shape index (κ2) is 4.47. The summed E-state index contributed by atoms with van der Waals surface area (Å²) in [4.78, 5) is 13.8. The summed E-state index contributed by atoms with van der Waals surface area (Å²) in [6.45, 7) is 4.42. The van der Waals surface area contributed by atoms with Crippen molar-refractivity contribution in [3.63, 3.8) is 0 Å². The standard InChI is InChI=1S/C15H17F3N2O/c1-14(2)7-11(14)20-12(21)8-19-13(20)9-3-5-10(6-4-9)15(16,17)18/h3-6,11,13,19H,7-8H2,1-2H3. The second-order valence-electron chi connectivity index (χ2n) is 6.41. The molecule has 0 aromatic heterocycles. The van der Waals surface area contributed by atoms with Crippen molar-refractivity contribution in [2.75, 3.05) is 6.54 Å². The highest BCUT2D eigenvalue weighted by Crippen LogP contribution is 2.51. The third-order valence-corrected chi connectivity index (χ3v) is 4.36. The van der Waals surface area contributed by atoms with Crippen LogP contribution < -0.4 is 5.32 Å². The quantitative estimate of drug-likeness (QED) is 0.910. The lowest BCUT2D eigenvalue weighted by Crippen LogP contribution is -2.34. The average Bonchev–Trinajstić information content (AvgIpc) is 2.84. The van der Waals surface area contributed by atoms with E-state index in [0.29, 0.717) is 5.56 Å². The summed E-state index contributed by atoms with van der Waals surface area (Å²) in [7, 11) is 0. The summed E-state index contributed by atoms with van der Waals surface area (Å²) in [6, 6.07) is 5.18. The minimum atomic E-state index is -4.34. The lowest BCUT2D eigenvalue weighted by molar-refractivity contribution is -0.137. The van der Waals surface area contributed by atoms with E-state index in [9.17, 15) is 18.0 Å². The smallest absolute Gasteiger partial charge is 0.318 e. The van der Waals surface area contributed by atoms with Crippen LogP contribution in [0.5, 0.6) is 0 Å². The van der Waals surface area contributed by atoms with Crippen LogP contribution in [0.3, 0.4) is 0 Å². The van der Waals surface area contributed by atoms with Gasteiger partial charge in [-0.3, -0.25) is 10.1 Å². The van der Waals surface area contributed by atoms with Gasteiger partial charge in [0.2, 0.25) is 5.91 Å². The van der Waals surface area contributed by atoms with Gasteiger partial charge in [-0.2, -0.15) is 13.2 Å². The van der Waals surface area contributed by atoms with Crippen molar-refractivity contribution >= 4 is 5.91 Å². The lowest BCUT2D eigenvalue weighted by Gasteiger charge is -2.26. The Labute approximate surface area is 121 Å². The summed E-state index contributed by atoms with van der Waals surface area (Å²) in [5, 5.41) is 3.09. The number of hydrogen-bond donors (Lipinski definition) is 1. The molecule has 21 heavy (non-hydrogen) atoms. The fourth-order valence-corrected chi connectivity index (χ4v) is 2.92. The van der Waals surface area contributed by atoms with Gasteiger partial charge in [-0.1, -0.05) is 26.0 Å². The van der Waals surface area contributed by atoms with Gasteiger partial charge in [0, 0.05) is 6.04 Å². The van der Waals surface area contributed by atoms with Gasteiger partial charge < -0.3 is 4.90 Å². The van der Waals surface area contributed by atoms with Crippen LogP contribution >= 0.6 is 0 Å². The van der Waals surface area contributed by atoms with Crippen molar-refractivity contribution in [2.45, 2.75) is 38.7 Å². The first-order chi connectivity index (χ1) is 9.70. The van der Waals surface area contributed by atoms with Crippen molar-refractivity contribution in [1.29, 1.82) is 0 Å². The maximum absolute atomic E-state index is 12.6. The molecule has 3 rings (SSSR count). The third kappa shape index (κ3) is 2.52. The Kier molecular flexibility index (Phi) is 3.06. The summed E-state index contributed by atoms with van der Waals surface area (Å²) < 4.78 is 37.8. The van der Waals surface area contributed by atoms with Crippen molar-refractivity contribution in [2.24, 2.45) is 5.41 Å². The van der Waals surface area contributed by atoms with E-state index in [0.717, 1.165) is 18.6 Å². The van der Waals surface area contributed by atoms with Crippen LogP contribution in [0.4, 0.5) is 13.2 Å². The van der Waals surface area contributed by atoms with Crippen LogP contribution in [0.15, 0.2) is 24.3 Å². The molecule has 1 saturated carbocycles. The number of nitrogens with one attached hydrogen (secondary N) is 1. The molecule has 3 nitrogen and oxygen atoms in total. The molecule has 2 fully saturated rings. The Morgan fingerprint density at radius 1 is 1.24 bits per heavy atom. The monoisotopic (exact) mass is 298 g/mol. The molecular formula is C15H17F3N2O. The molecule has 1 aliphatic carbocycles. The zero-order chi connectivity index (χ0) is 15.4. The van der Waals surface area contributed by atoms with Crippen LogP contribution in [0.2, 0.25) is 0 Å². The van der Waals surface area contributed by atoms with Crippen molar-refractivity contribution in [1.82, 2.24) is 10.2 Å². The summed E-state index contributed by atoms with van der Waals surface area (Å²) in [6.07, 6.45) is -3.74. The Bertz CT molecular complexity index is 565. The van der Waals surface area contributed by atoms with Gasteiger partial charge in [0.05, 0.1) is 12.1 Å². The number of hydrogen-bond acceptors (Lipinski definition) is 2. The van der Waals surface area contributed by atoms with E-state index in [2.05, 4.69) is 19.2 Å². The van der Waals surface area contributed by atoms with Gasteiger partial charge in [-0.25, -0.2) is 0 Å². The molecule has 1 N–H and O–H groups in total. The number of halogens is 3. The highest BCUT2D eigenvalue weighted by Gasteiger charge is 2.54. The largest absolute Gasteiger partial charge is 0.416 e. The normalized spacial score (nSPS) is 28.0. The highest BCUT2D eigenvalue weighted by molar-refractivity contribution is 5.81. The molecule has 1 saturated heterocycles. The average molecular weight is 298 g/mol. The number of alkyl halides is 3. The molecule has 0 bridgehead atoms. The molecule has 114 valence electrons. The number of amides is 1. The van der Waals surface area contributed by atoms with E-state index in [1.807, 2.05) is 0 Å². The fraction of sp³-hybridized carbons (Fsp3) is 0.533. The van der Waals surface area contributed by atoms with Crippen LogP contribution in [0, 0.1) is 5.41 Å². The van der Waals surface area contributed by atoms with Crippen LogP contribution in [0.1, 0.15) is 37.6 Å². The van der Waals surface area contributed by atoms with Gasteiger partial charge in [-0.15, -0.1) is 0 Å². The van der Waals surface area contributed by atoms with Crippen LogP contribution in [-0.2, 0) is 11.0 Å². The minimum Gasteiger partial charge on any atom is -0.318 e. The van der Waals surface area contributed by atoms with E-state index in [1.54, 1.807) is 4.90 Å². The lowest BCUT2D eigenvalue weighted by atomic mass is 10.1. The molecule has 0 spiro atoms. The third-order valence-electron chi connectivity index (χ3n) is 4.36. The van der Waals surface area contributed by atoms with E-state index in [4.69, 9.17) is 0 Å². The Morgan fingerprint density at radius 2 is 1.81 bits per heavy atom. The minimum absolute atomic E-state index is 0.00970. The maximum atomic E-state index is 12.6. The number of rotatable bonds is 2. The van der Waals surface area contributed by atoms with Gasteiger partial charge in [-0.05, 0) is 29.5 Å². The zero-order valence-electron chi connectivity index (χ0n) is 11.9. The second-order valence-corrected chi connectivity index (χ2v) is 6.41. The molecule has 1 heterocycles.